The third kappa shape index (κ3) is 2.75. The Morgan fingerprint density at radius 2 is 1.78 bits per heavy atom. The summed E-state index contributed by atoms with van der Waals surface area (Å²) in [6, 6.07) is 14.0. The number of benzene rings is 1. The van der Waals surface area contributed by atoms with Crippen molar-refractivity contribution in [1.29, 1.82) is 0 Å². The Bertz CT molecular complexity index is 1190. The average Bonchev–Trinajstić information content (AvgIpc) is 2.73. The van der Waals surface area contributed by atoms with Gasteiger partial charge in [-0.15, -0.1) is 0 Å². The molecule has 0 saturated heterocycles. The van der Waals surface area contributed by atoms with E-state index in [2.05, 4.69) is 43.0 Å². The molecule has 27 heavy (non-hydrogen) atoms. The summed E-state index contributed by atoms with van der Waals surface area (Å²) in [6.45, 7) is 1.55. The van der Waals surface area contributed by atoms with Crippen molar-refractivity contribution in [3.63, 3.8) is 0 Å². The second-order valence-corrected chi connectivity index (χ2v) is 6.62. The molecule has 0 amide bonds. The normalized spacial score (nSPS) is 13.6. The highest BCUT2D eigenvalue weighted by atomic mass is 16.1. The molecule has 6 nitrogen and oxygen atoms in total. The lowest BCUT2D eigenvalue weighted by atomic mass is 10.0. The summed E-state index contributed by atoms with van der Waals surface area (Å²) in [7, 11) is 0. The molecule has 4 aromatic rings. The zero-order chi connectivity index (χ0) is 18.2. The third-order valence-electron chi connectivity index (χ3n) is 5.02. The lowest BCUT2D eigenvalue weighted by Crippen LogP contribution is -2.33. The molecule has 0 spiro atoms. The molecule has 0 saturated carbocycles. The minimum Gasteiger partial charge on any atom is -0.338 e. The lowest BCUT2D eigenvalue weighted by Gasteiger charge is -2.29. The van der Waals surface area contributed by atoms with Crippen LogP contribution in [-0.2, 0) is 13.0 Å². The lowest BCUT2D eigenvalue weighted by molar-refractivity contribution is 0.708. The Morgan fingerprint density at radius 1 is 0.963 bits per heavy atom. The van der Waals surface area contributed by atoms with Crippen LogP contribution in [0, 0.1) is 0 Å². The molecule has 0 bridgehead atoms. The van der Waals surface area contributed by atoms with Gasteiger partial charge in [-0.3, -0.25) is 14.8 Å². The molecule has 0 unspecified atom stereocenters. The van der Waals surface area contributed by atoms with E-state index in [4.69, 9.17) is 0 Å². The van der Waals surface area contributed by atoms with E-state index in [1.807, 2.05) is 24.3 Å². The number of H-pyrrole nitrogens is 1. The van der Waals surface area contributed by atoms with E-state index in [-0.39, 0.29) is 5.56 Å². The minimum atomic E-state index is -0.172. The van der Waals surface area contributed by atoms with Gasteiger partial charge in [0.15, 0.2) is 5.65 Å². The van der Waals surface area contributed by atoms with Gasteiger partial charge in [0.2, 0.25) is 5.95 Å². The van der Waals surface area contributed by atoms with Gasteiger partial charge in [0, 0.05) is 31.7 Å². The maximum atomic E-state index is 12.9. The number of anilines is 1. The topological polar surface area (TPSA) is 74.8 Å². The Hall–Kier alpha value is -3.54. The second-order valence-electron chi connectivity index (χ2n) is 6.62. The first kappa shape index (κ1) is 15.7. The van der Waals surface area contributed by atoms with Gasteiger partial charge in [0.05, 0.1) is 5.39 Å². The molecule has 0 radical (unpaired) electrons. The SMILES string of the molecule is O=c1[nH]c(N2CCc3ccccc3C2)nc2nccc(-c3ccncc3)c12. The molecular weight excluding hydrogens is 338 g/mol. The predicted molar refractivity (Wildman–Crippen MR) is 105 cm³/mol. The maximum Gasteiger partial charge on any atom is 0.262 e. The Labute approximate surface area is 155 Å². The summed E-state index contributed by atoms with van der Waals surface area (Å²) in [6.07, 6.45) is 6.05. The fraction of sp³-hybridized carbons (Fsp3) is 0.143. The van der Waals surface area contributed by atoms with E-state index in [0.29, 0.717) is 17.0 Å². The number of pyridine rings is 2. The molecule has 6 heteroatoms. The number of hydrogen-bond donors (Lipinski definition) is 1. The summed E-state index contributed by atoms with van der Waals surface area (Å²) >= 11 is 0. The highest BCUT2D eigenvalue weighted by molar-refractivity contribution is 5.92. The summed E-state index contributed by atoms with van der Waals surface area (Å²) in [5, 5.41) is 0.504. The van der Waals surface area contributed by atoms with Crippen LogP contribution >= 0.6 is 0 Å². The molecule has 3 aromatic heterocycles. The molecule has 1 aromatic carbocycles. The molecule has 4 heterocycles. The van der Waals surface area contributed by atoms with Crippen LogP contribution in [-0.4, -0.2) is 26.5 Å². The molecular formula is C21H17N5O. The van der Waals surface area contributed by atoms with Crippen molar-refractivity contribution in [2.75, 3.05) is 11.4 Å². The van der Waals surface area contributed by atoms with Crippen LogP contribution in [0.3, 0.4) is 0 Å². The van der Waals surface area contributed by atoms with Crippen LogP contribution in [0.2, 0.25) is 0 Å². The van der Waals surface area contributed by atoms with E-state index in [0.717, 1.165) is 30.6 Å². The molecule has 0 atom stereocenters. The second kappa shape index (κ2) is 6.32. The fourth-order valence-electron chi connectivity index (χ4n) is 3.65. The smallest absolute Gasteiger partial charge is 0.262 e. The van der Waals surface area contributed by atoms with E-state index >= 15 is 0 Å². The van der Waals surface area contributed by atoms with Gasteiger partial charge in [-0.2, -0.15) is 4.98 Å². The molecule has 132 valence electrons. The minimum absolute atomic E-state index is 0.172. The first-order chi connectivity index (χ1) is 13.3. The fourth-order valence-corrected chi connectivity index (χ4v) is 3.65. The van der Waals surface area contributed by atoms with Gasteiger partial charge < -0.3 is 4.90 Å². The van der Waals surface area contributed by atoms with E-state index < -0.39 is 0 Å². The van der Waals surface area contributed by atoms with Gasteiger partial charge in [-0.25, -0.2) is 4.98 Å². The third-order valence-corrected chi connectivity index (χ3v) is 5.02. The zero-order valence-corrected chi connectivity index (χ0v) is 14.6. The van der Waals surface area contributed by atoms with Crippen molar-refractivity contribution in [1.82, 2.24) is 19.9 Å². The molecule has 1 aliphatic rings. The van der Waals surface area contributed by atoms with Gasteiger partial charge in [0.1, 0.15) is 0 Å². The number of aromatic amines is 1. The molecule has 5 rings (SSSR count). The van der Waals surface area contributed by atoms with Crippen molar-refractivity contribution >= 4 is 17.0 Å². The van der Waals surface area contributed by atoms with Gasteiger partial charge in [-0.1, -0.05) is 24.3 Å². The summed E-state index contributed by atoms with van der Waals surface area (Å²) in [5.41, 5.74) is 4.65. The predicted octanol–water partition coefficient (Wildman–Crippen LogP) is 2.94. The molecule has 1 aliphatic heterocycles. The van der Waals surface area contributed by atoms with Gasteiger partial charge in [-0.05, 0) is 46.9 Å². The first-order valence-electron chi connectivity index (χ1n) is 8.91. The first-order valence-corrected chi connectivity index (χ1v) is 8.91. The van der Waals surface area contributed by atoms with Crippen molar-refractivity contribution in [3.05, 3.63) is 82.5 Å². The van der Waals surface area contributed by atoms with Crippen LogP contribution in [0.1, 0.15) is 11.1 Å². The molecule has 1 N–H and O–H groups in total. The average molecular weight is 355 g/mol. The zero-order valence-electron chi connectivity index (χ0n) is 14.6. The van der Waals surface area contributed by atoms with Crippen LogP contribution in [0.25, 0.3) is 22.2 Å². The number of nitrogens with zero attached hydrogens (tertiary/aromatic N) is 4. The Kier molecular flexibility index (Phi) is 3.67. The number of hydrogen-bond acceptors (Lipinski definition) is 5. The highest BCUT2D eigenvalue weighted by Gasteiger charge is 2.19. The van der Waals surface area contributed by atoms with Crippen molar-refractivity contribution < 1.29 is 0 Å². The van der Waals surface area contributed by atoms with Crippen LogP contribution in [0.15, 0.2) is 65.8 Å². The summed E-state index contributed by atoms with van der Waals surface area (Å²) in [5.74, 6) is 0.571. The highest BCUT2D eigenvalue weighted by Crippen LogP contribution is 2.26. The maximum absolute atomic E-state index is 12.9. The monoisotopic (exact) mass is 355 g/mol. The van der Waals surface area contributed by atoms with Crippen LogP contribution < -0.4 is 10.5 Å². The largest absolute Gasteiger partial charge is 0.338 e. The number of aromatic nitrogens is 4. The van der Waals surface area contributed by atoms with E-state index in [1.165, 1.54) is 11.1 Å². The molecule has 0 fully saturated rings. The standard InChI is InChI=1S/C21H17N5O/c27-20-18-17(15-5-9-22-10-6-15)7-11-23-19(18)24-21(25-20)26-12-8-14-3-1-2-4-16(14)13-26/h1-7,9-11H,8,12-13H2,(H,23,24,25,27). The number of rotatable bonds is 2. The van der Waals surface area contributed by atoms with Crippen LogP contribution in [0.5, 0.6) is 0 Å². The Balaban J connectivity index is 1.60. The van der Waals surface area contributed by atoms with Gasteiger partial charge in [0.25, 0.3) is 5.56 Å². The van der Waals surface area contributed by atoms with E-state index in [1.54, 1.807) is 18.6 Å². The van der Waals surface area contributed by atoms with Crippen molar-refractivity contribution in [3.8, 4) is 11.1 Å². The number of nitrogens with one attached hydrogen (secondary N) is 1. The van der Waals surface area contributed by atoms with Crippen molar-refractivity contribution in [2.45, 2.75) is 13.0 Å². The summed E-state index contributed by atoms with van der Waals surface area (Å²) in [4.78, 5) is 31.0. The van der Waals surface area contributed by atoms with E-state index in [9.17, 15) is 4.79 Å². The number of fused-ring (bicyclic) bond motifs is 2. The van der Waals surface area contributed by atoms with Crippen LogP contribution in [0.4, 0.5) is 5.95 Å². The molecule has 0 aliphatic carbocycles. The Morgan fingerprint density at radius 3 is 2.63 bits per heavy atom. The quantitative estimate of drug-likeness (QED) is 0.598. The van der Waals surface area contributed by atoms with Crippen molar-refractivity contribution in [2.24, 2.45) is 0 Å². The van der Waals surface area contributed by atoms with Gasteiger partial charge >= 0.3 is 0 Å². The summed E-state index contributed by atoms with van der Waals surface area (Å²) < 4.78 is 0.